The second kappa shape index (κ2) is 3.25. The van der Waals surface area contributed by atoms with Gasteiger partial charge in [-0.1, -0.05) is 6.92 Å². The molecule has 0 aromatic carbocycles. The maximum Gasteiger partial charge on any atom is 0.229 e. The minimum atomic E-state index is -0.0522. The lowest BCUT2D eigenvalue weighted by Gasteiger charge is -2.07. The summed E-state index contributed by atoms with van der Waals surface area (Å²) in [6.45, 7) is 4.32. The van der Waals surface area contributed by atoms with Crippen molar-refractivity contribution in [2.24, 2.45) is 5.92 Å². The third-order valence-corrected chi connectivity index (χ3v) is 2.31. The van der Waals surface area contributed by atoms with E-state index in [0.29, 0.717) is 18.1 Å². The molecule has 1 atom stereocenters. The third-order valence-electron chi connectivity index (χ3n) is 2.31. The van der Waals surface area contributed by atoms with Crippen LogP contribution < -0.4 is 10.6 Å². The largest absolute Gasteiger partial charge is 0.367 e. The number of aryl methyl sites for hydroxylation is 1. The number of nitrogens with one attached hydrogen (secondary N) is 2. The molecule has 0 bridgehead atoms. The van der Waals surface area contributed by atoms with Gasteiger partial charge >= 0.3 is 0 Å². The first-order valence-electron chi connectivity index (χ1n) is 4.55. The monoisotopic (exact) mass is 192 g/mol. The Labute approximate surface area is 82.0 Å². The van der Waals surface area contributed by atoms with Crippen LogP contribution in [0, 0.1) is 12.8 Å². The molecule has 1 aromatic rings. The number of nitrogens with zero attached hydrogens (tertiary/aromatic N) is 2. The molecule has 14 heavy (non-hydrogen) atoms. The summed E-state index contributed by atoms with van der Waals surface area (Å²) in [5, 5.41) is 5.93. The Morgan fingerprint density at radius 1 is 1.50 bits per heavy atom. The fourth-order valence-corrected chi connectivity index (χ4v) is 1.35. The van der Waals surface area contributed by atoms with Crippen LogP contribution in [0.4, 0.5) is 11.5 Å². The van der Waals surface area contributed by atoms with Gasteiger partial charge in [-0.15, -0.1) is 0 Å². The molecular weight excluding hydrogens is 180 g/mol. The molecule has 0 saturated carbocycles. The minimum absolute atomic E-state index is 0.00847. The lowest BCUT2D eigenvalue weighted by atomic mass is 10.2. The number of carbonyl (C=O) groups is 1. The van der Waals surface area contributed by atoms with Crippen LogP contribution in [0.1, 0.15) is 12.6 Å². The quantitative estimate of drug-likeness (QED) is 0.637. The molecule has 1 aromatic heterocycles. The average Bonchev–Trinajstić information content (AvgIpc) is 2.30. The van der Waals surface area contributed by atoms with Crippen molar-refractivity contribution >= 4 is 17.4 Å². The van der Waals surface area contributed by atoms with Crippen molar-refractivity contribution in [3.05, 3.63) is 12.0 Å². The van der Waals surface area contributed by atoms with E-state index in [2.05, 4.69) is 20.6 Å². The highest BCUT2D eigenvalue weighted by atomic mass is 16.1. The summed E-state index contributed by atoms with van der Waals surface area (Å²) in [6, 6.07) is 0. The van der Waals surface area contributed by atoms with E-state index in [-0.39, 0.29) is 11.8 Å². The predicted octanol–water partition coefficient (Wildman–Crippen LogP) is 0.785. The van der Waals surface area contributed by atoms with E-state index in [0.717, 1.165) is 5.69 Å². The molecule has 2 heterocycles. The van der Waals surface area contributed by atoms with E-state index in [9.17, 15) is 4.79 Å². The fraction of sp³-hybridized carbons (Fsp3) is 0.444. The highest BCUT2D eigenvalue weighted by Crippen LogP contribution is 2.24. The van der Waals surface area contributed by atoms with Crippen molar-refractivity contribution in [2.45, 2.75) is 13.8 Å². The van der Waals surface area contributed by atoms with Gasteiger partial charge < -0.3 is 10.6 Å². The van der Waals surface area contributed by atoms with Crippen LogP contribution in [-0.2, 0) is 4.79 Å². The number of hydrogen-bond donors (Lipinski definition) is 2. The maximum absolute atomic E-state index is 11.5. The molecule has 0 fully saturated rings. The van der Waals surface area contributed by atoms with Gasteiger partial charge in [0.25, 0.3) is 0 Å². The fourth-order valence-electron chi connectivity index (χ4n) is 1.35. The van der Waals surface area contributed by atoms with Gasteiger partial charge in [-0.05, 0) is 6.92 Å². The smallest absolute Gasteiger partial charge is 0.229 e. The van der Waals surface area contributed by atoms with E-state index in [1.807, 2.05) is 13.8 Å². The second-order valence-corrected chi connectivity index (χ2v) is 3.45. The Morgan fingerprint density at radius 3 is 3.07 bits per heavy atom. The summed E-state index contributed by atoms with van der Waals surface area (Å²) in [7, 11) is 0. The molecule has 0 aliphatic carbocycles. The Bertz CT molecular complexity index is 377. The first kappa shape index (κ1) is 8.93. The van der Waals surface area contributed by atoms with Gasteiger partial charge in [-0.3, -0.25) is 4.79 Å². The molecule has 1 amide bonds. The molecule has 1 aliphatic heterocycles. The normalized spacial score (nSPS) is 20.4. The second-order valence-electron chi connectivity index (χ2n) is 3.45. The van der Waals surface area contributed by atoms with Gasteiger partial charge in [0.15, 0.2) is 5.82 Å². The van der Waals surface area contributed by atoms with Gasteiger partial charge in [0.2, 0.25) is 5.91 Å². The Morgan fingerprint density at radius 2 is 2.29 bits per heavy atom. The van der Waals surface area contributed by atoms with Crippen molar-refractivity contribution in [3.8, 4) is 0 Å². The summed E-state index contributed by atoms with van der Waals surface area (Å²) in [4.78, 5) is 19.6. The molecule has 0 spiro atoms. The summed E-state index contributed by atoms with van der Waals surface area (Å²) in [6.07, 6.45) is 1.49. The molecular formula is C9H12N4O. The van der Waals surface area contributed by atoms with Crippen LogP contribution in [0.15, 0.2) is 6.33 Å². The van der Waals surface area contributed by atoms with Crippen LogP contribution in [0.25, 0.3) is 0 Å². The summed E-state index contributed by atoms with van der Waals surface area (Å²) in [5.74, 6) is 0.660. The molecule has 0 saturated heterocycles. The standard InChI is InChI=1S/C9H12N4O/c1-5-3-10-8-7(13-9(5)14)6(2)11-4-12-8/h4-5H,3H2,1-2H3,(H,13,14)(H,10,11,12). The van der Waals surface area contributed by atoms with Crippen molar-refractivity contribution in [2.75, 3.05) is 17.2 Å². The minimum Gasteiger partial charge on any atom is -0.367 e. The van der Waals surface area contributed by atoms with E-state index in [1.165, 1.54) is 6.33 Å². The number of amides is 1. The zero-order valence-electron chi connectivity index (χ0n) is 8.16. The zero-order chi connectivity index (χ0) is 10.1. The summed E-state index contributed by atoms with van der Waals surface area (Å²) >= 11 is 0. The lowest BCUT2D eigenvalue weighted by Crippen LogP contribution is -2.22. The average molecular weight is 192 g/mol. The number of aromatic nitrogens is 2. The summed E-state index contributed by atoms with van der Waals surface area (Å²) in [5.41, 5.74) is 1.48. The Hall–Kier alpha value is -1.65. The zero-order valence-corrected chi connectivity index (χ0v) is 8.16. The van der Waals surface area contributed by atoms with Crippen molar-refractivity contribution < 1.29 is 4.79 Å². The number of rotatable bonds is 0. The molecule has 5 heteroatoms. The third kappa shape index (κ3) is 1.41. The van der Waals surface area contributed by atoms with Gasteiger partial charge in [0.1, 0.15) is 12.0 Å². The van der Waals surface area contributed by atoms with E-state index >= 15 is 0 Å². The van der Waals surface area contributed by atoms with Crippen molar-refractivity contribution in [1.82, 2.24) is 9.97 Å². The lowest BCUT2D eigenvalue weighted by molar-refractivity contribution is -0.118. The highest BCUT2D eigenvalue weighted by molar-refractivity contribution is 5.97. The molecule has 1 unspecified atom stereocenters. The Kier molecular flexibility index (Phi) is 2.07. The molecule has 2 N–H and O–H groups in total. The number of hydrogen-bond acceptors (Lipinski definition) is 4. The SMILES string of the molecule is Cc1ncnc2c1NC(=O)C(C)CN2. The number of anilines is 2. The number of fused-ring (bicyclic) bond motifs is 1. The van der Waals surface area contributed by atoms with Gasteiger partial charge in [-0.2, -0.15) is 0 Å². The predicted molar refractivity (Wildman–Crippen MR) is 53.1 cm³/mol. The first-order valence-corrected chi connectivity index (χ1v) is 4.55. The molecule has 1 aliphatic rings. The van der Waals surface area contributed by atoms with Crippen LogP contribution >= 0.6 is 0 Å². The molecule has 0 radical (unpaired) electrons. The van der Waals surface area contributed by atoms with Crippen LogP contribution in [0.5, 0.6) is 0 Å². The first-order chi connectivity index (χ1) is 6.68. The van der Waals surface area contributed by atoms with Crippen LogP contribution in [0.3, 0.4) is 0 Å². The Balaban J connectivity index is 2.43. The van der Waals surface area contributed by atoms with Gasteiger partial charge in [0.05, 0.1) is 11.6 Å². The van der Waals surface area contributed by atoms with Crippen LogP contribution in [-0.4, -0.2) is 22.4 Å². The molecule has 2 rings (SSSR count). The van der Waals surface area contributed by atoms with Crippen molar-refractivity contribution in [1.29, 1.82) is 0 Å². The van der Waals surface area contributed by atoms with E-state index in [1.54, 1.807) is 0 Å². The van der Waals surface area contributed by atoms with Crippen molar-refractivity contribution in [3.63, 3.8) is 0 Å². The van der Waals surface area contributed by atoms with Gasteiger partial charge in [-0.25, -0.2) is 9.97 Å². The van der Waals surface area contributed by atoms with E-state index in [4.69, 9.17) is 0 Å². The van der Waals surface area contributed by atoms with Gasteiger partial charge in [0, 0.05) is 6.54 Å². The summed E-state index contributed by atoms with van der Waals surface area (Å²) < 4.78 is 0. The molecule has 5 nitrogen and oxygen atoms in total. The highest BCUT2D eigenvalue weighted by Gasteiger charge is 2.21. The molecule has 74 valence electrons. The van der Waals surface area contributed by atoms with Crippen LogP contribution in [0.2, 0.25) is 0 Å². The van der Waals surface area contributed by atoms with E-state index < -0.39 is 0 Å². The number of carbonyl (C=O) groups excluding carboxylic acids is 1. The topological polar surface area (TPSA) is 66.9 Å². The maximum atomic E-state index is 11.5.